The summed E-state index contributed by atoms with van der Waals surface area (Å²) in [7, 11) is 3.89. The molecule has 0 aromatic carbocycles. The number of halogens is 1. The standard InChI is InChI=1S/C9H19FN2/c1-9(8-11-2)12(3)7-5-4-6-10/h8,11H,4-7H2,1-3H3/b9-8+. The second kappa shape index (κ2) is 6.95. The average Bonchev–Trinajstić information content (AvgIpc) is 2.05. The Labute approximate surface area is 74.4 Å². The highest BCUT2D eigenvalue weighted by Crippen LogP contribution is 2.01. The van der Waals surface area contributed by atoms with Crippen LogP contribution in [0, 0.1) is 0 Å². The van der Waals surface area contributed by atoms with E-state index in [4.69, 9.17) is 0 Å². The molecule has 0 radical (unpaired) electrons. The maximum Gasteiger partial charge on any atom is 0.0895 e. The molecule has 0 saturated heterocycles. The van der Waals surface area contributed by atoms with Gasteiger partial charge in [-0.3, -0.25) is 4.39 Å². The highest BCUT2D eigenvalue weighted by Gasteiger charge is 1.97. The van der Waals surface area contributed by atoms with Crippen molar-refractivity contribution in [2.24, 2.45) is 0 Å². The van der Waals surface area contributed by atoms with Gasteiger partial charge in [0.25, 0.3) is 0 Å². The van der Waals surface area contributed by atoms with Gasteiger partial charge in [0.05, 0.1) is 6.67 Å². The zero-order chi connectivity index (χ0) is 9.40. The maximum atomic E-state index is 11.7. The van der Waals surface area contributed by atoms with Crippen molar-refractivity contribution in [3.8, 4) is 0 Å². The number of rotatable bonds is 6. The molecule has 0 fully saturated rings. The lowest BCUT2D eigenvalue weighted by Crippen LogP contribution is -2.18. The van der Waals surface area contributed by atoms with Crippen molar-refractivity contribution >= 4 is 0 Å². The quantitative estimate of drug-likeness (QED) is 0.617. The second-order valence-electron chi connectivity index (χ2n) is 2.89. The van der Waals surface area contributed by atoms with Crippen LogP contribution in [-0.2, 0) is 0 Å². The van der Waals surface area contributed by atoms with E-state index in [1.807, 2.05) is 27.2 Å². The van der Waals surface area contributed by atoms with Crippen LogP contribution >= 0.6 is 0 Å². The van der Waals surface area contributed by atoms with Crippen LogP contribution in [0.15, 0.2) is 11.9 Å². The van der Waals surface area contributed by atoms with Gasteiger partial charge in [-0.15, -0.1) is 0 Å². The van der Waals surface area contributed by atoms with Gasteiger partial charge in [0, 0.05) is 32.5 Å². The minimum Gasteiger partial charge on any atom is -0.393 e. The zero-order valence-corrected chi connectivity index (χ0v) is 8.23. The number of alkyl halides is 1. The predicted octanol–water partition coefficient (Wildman–Crippen LogP) is 1.75. The summed E-state index contributed by atoms with van der Waals surface area (Å²) in [6.45, 7) is 2.75. The van der Waals surface area contributed by atoms with Crippen LogP contribution in [0.4, 0.5) is 4.39 Å². The van der Waals surface area contributed by atoms with E-state index in [1.54, 1.807) is 0 Å². The van der Waals surface area contributed by atoms with E-state index >= 15 is 0 Å². The first-order valence-electron chi connectivity index (χ1n) is 4.33. The fourth-order valence-electron chi connectivity index (χ4n) is 0.939. The van der Waals surface area contributed by atoms with Crippen LogP contribution < -0.4 is 5.32 Å². The molecule has 0 heterocycles. The first kappa shape index (κ1) is 11.3. The maximum absolute atomic E-state index is 11.7. The summed E-state index contributed by atoms with van der Waals surface area (Å²) in [6, 6.07) is 0. The molecule has 0 amide bonds. The number of allylic oxidation sites excluding steroid dienone is 1. The van der Waals surface area contributed by atoms with E-state index in [1.165, 1.54) is 5.70 Å². The van der Waals surface area contributed by atoms with E-state index in [-0.39, 0.29) is 6.67 Å². The molecule has 0 rings (SSSR count). The highest BCUT2D eigenvalue weighted by molar-refractivity contribution is 4.93. The van der Waals surface area contributed by atoms with Gasteiger partial charge in [0.1, 0.15) is 0 Å². The topological polar surface area (TPSA) is 15.3 Å². The molecule has 3 heteroatoms. The van der Waals surface area contributed by atoms with Crippen LogP contribution in [0.25, 0.3) is 0 Å². The van der Waals surface area contributed by atoms with Gasteiger partial charge in [-0.1, -0.05) is 0 Å². The molecule has 0 aromatic heterocycles. The Hall–Kier alpha value is -0.730. The second-order valence-corrected chi connectivity index (χ2v) is 2.89. The van der Waals surface area contributed by atoms with Crippen molar-refractivity contribution in [3.05, 3.63) is 11.9 Å². The minimum absolute atomic E-state index is 0.206. The molecule has 0 aliphatic heterocycles. The molecular formula is C9H19FN2. The van der Waals surface area contributed by atoms with Crippen LogP contribution in [0.5, 0.6) is 0 Å². The molecular weight excluding hydrogens is 155 g/mol. The third kappa shape index (κ3) is 4.99. The number of nitrogens with one attached hydrogen (secondary N) is 1. The Bertz CT molecular complexity index is 134. The molecule has 12 heavy (non-hydrogen) atoms. The van der Waals surface area contributed by atoms with E-state index in [9.17, 15) is 4.39 Å². The van der Waals surface area contributed by atoms with Gasteiger partial charge in [0.2, 0.25) is 0 Å². The van der Waals surface area contributed by atoms with Gasteiger partial charge in [0.15, 0.2) is 0 Å². The largest absolute Gasteiger partial charge is 0.393 e. The van der Waals surface area contributed by atoms with Crippen LogP contribution in [0.1, 0.15) is 19.8 Å². The van der Waals surface area contributed by atoms with Gasteiger partial charge in [-0.25, -0.2) is 0 Å². The Morgan fingerprint density at radius 3 is 2.67 bits per heavy atom. The Kier molecular flexibility index (Phi) is 6.53. The molecule has 72 valence electrons. The Morgan fingerprint density at radius 2 is 2.17 bits per heavy atom. The van der Waals surface area contributed by atoms with Crippen LogP contribution in [0.3, 0.4) is 0 Å². The zero-order valence-electron chi connectivity index (χ0n) is 8.23. The third-order valence-electron chi connectivity index (χ3n) is 1.83. The Morgan fingerprint density at radius 1 is 1.50 bits per heavy atom. The number of hydrogen-bond donors (Lipinski definition) is 1. The van der Waals surface area contributed by atoms with Crippen LogP contribution in [-0.4, -0.2) is 32.2 Å². The van der Waals surface area contributed by atoms with Gasteiger partial charge < -0.3 is 10.2 Å². The minimum atomic E-state index is -0.206. The van der Waals surface area contributed by atoms with Crippen molar-refractivity contribution in [2.45, 2.75) is 19.8 Å². The molecule has 0 spiro atoms. The molecule has 0 saturated carbocycles. The monoisotopic (exact) mass is 174 g/mol. The average molecular weight is 174 g/mol. The Balaban J connectivity index is 3.56. The summed E-state index contributed by atoms with van der Waals surface area (Å²) < 4.78 is 11.7. The molecule has 0 aliphatic rings. The summed E-state index contributed by atoms with van der Waals surface area (Å²) in [6.07, 6.45) is 3.52. The van der Waals surface area contributed by atoms with E-state index in [0.717, 1.165) is 13.0 Å². The summed E-state index contributed by atoms with van der Waals surface area (Å²) >= 11 is 0. The molecule has 0 bridgehead atoms. The third-order valence-corrected chi connectivity index (χ3v) is 1.83. The predicted molar refractivity (Wildman–Crippen MR) is 50.7 cm³/mol. The first-order valence-corrected chi connectivity index (χ1v) is 4.33. The normalized spacial score (nSPS) is 11.5. The van der Waals surface area contributed by atoms with Crippen LogP contribution in [0.2, 0.25) is 0 Å². The van der Waals surface area contributed by atoms with Crippen molar-refractivity contribution in [1.29, 1.82) is 0 Å². The summed E-state index contributed by atoms with van der Waals surface area (Å²) in [5.41, 5.74) is 1.18. The number of unbranched alkanes of at least 4 members (excludes halogenated alkanes) is 1. The molecule has 0 atom stereocenters. The smallest absolute Gasteiger partial charge is 0.0895 e. The SMILES string of the molecule is CN/C=C(\C)N(C)CCCCF. The fraction of sp³-hybridized carbons (Fsp3) is 0.778. The summed E-state index contributed by atoms with van der Waals surface area (Å²) in [5, 5.41) is 2.96. The van der Waals surface area contributed by atoms with Crippen molar-refractivity contribution in [2.75, 3.05) is 27.3 Å². The van der Waals surface area contributed by atoms with Gasteiger partial charge in [-0.05, 0) is 19.8 Å². The van der Waals surface area contributed by atoms with Crippen molar-refractivity contribution in [3.63, 3.8) is 0 Å². The molecule has 0 aliphatic carbocycles. The van der Waals surface area contributed by atoms with Gasteiger partial charge in [-0.2, -0.15) is 0 Å². The first-order chi connectivity index (χ1) is 5.72. The molecule has 0 aromatic rings. The summed E-state index contributed by atoms with van der Waals surface area (Å²) in [4.78, 5) is 2.12. The van der Waals surface area contributed by atoms with E-state index in [2.05, 4.69) is 10.2 Å². The van der Waals surface area contributed by atoms with Crippen molar-refractivity contribution < 1.29 is 4.39 Å². The summed E-state index contributed by atoms with van der Waals surface area (Å²) in [5.74, 6) is 0. The molecule has 0 unspecified atom stereocenters. The molecule has 1 N–H and O–H groups in total. The lowest BCUT2D eigenvalue weighted by molar-refractivity contribution is 0.377. The fourth-order valence-corrected chi connectivity index (χ4v) is 0.939. The van der Waals surface area contributed by atoms with Gasteiger partial charge >= 0.3 is 0 Å². The number of hydrogen-bond acceptors (Lipinski definition) is 2. The lowest BCUT2D eigenvalue weighted by atomic mass is 10.3. The van der Waals surface area contributed by atoms with E-state index < -0.39 is 0 Å². The number of nitrogens with zero attached hydrogens (tertiary/aromatic N) is 1. The lowest BCUT2D eigenvalue weighted by Gasteiger charge is -2.19. The molecule has 2 nitrogen and oxygen atoms in total. The highest BCUT2D eigenvalue weighted by atomic mass is 19.1. The van der Waals surface area contributed by atoms with Crippen molar-refractivity contribution in [1.82, 2.24) is 10.2 Å². The van der Waals surface area contributed by atoms with E-state index in [0.29, 0.717) is 6.42 Å².